The minimum atomic E-state index is 0.636. The lowest BCUT2D eigenvalue weighted by molar-refractivity contribution is 0.122. The Labute approximate surface area is 117 Å². The molecule has 1 aliphatic heterocycles. The first-order valence-electron chi connectivity index (χ1n) is 6.70. The van der Waals surface area contributed by atoms with Crippen molar-refractivity contribution in [1.29, 1.82) is 0 Å². The number of hydrogen-bond donors (Lipinski definition) is 1. The predicted molar refractivity (Wildman–Crippen MR) is 76.6 cm³/mol. The van der Waals surface area contributed by atoms with Gasteiger partial charge in [0, 0.05) is 38.2 Å². The van der Waals surface area contributed by atoms with Crippen LogP contribution in [-0.2, 0) is 11.3 Å². The lowest BCUT2D eigenvalue weighted by Gasteiger charge is -2.28. The average molecular weight is 271 g/mol. The van der Waals surface area contributed by atoms with E-state index in [0.717, 1.165) is 37.7 Å². The van der Waals surface area contributed by atoms with Crippen LogP contribution in [-0.4, -0.2) is 41.3 Å². The van der Waals surface area contributed by atoms with Crippen LogP contribution in [0.2, 0.25) is 0 Å². The maximum absolute atomic E-state index is 5.36. The lowest BCUT2D eigenvalue weighted by atomic mass is 10.2. The summed E-state index contributed by atoms with van der Waals surface area (Å²) in [6.07, 6.45) is 5.29. The number of morpholine rings is 1. The molecule has 3 rings (SSSR count). The smallest absolute Gasteiger partial charge is 0.222 e. The minimum Gasteiger partial charge on any atom is -0.378 e. The third kappa shape index (κ3) is 3.21. The first-order valence-corrected chi connectivity index (χ1v) is 6.70. The van der Waals surface area contributed by atoms with Crippen molar-refractivity contribution in [2.24, 2.45) is 0 Å². The molecular weight excluding hydrogens is 254 g/mol. The van der Waals surface area contributed by atoms with Gasteiger partial charge in [-0.1, -0.05) is 0 Å². The predicted octanol–water partition coefficient (Wildman–Crippen LogP) is 1.32. The summed E-state index contributed by atoms with van der Waals surface area (Å²) in [6, 6.07) is 5.90. The first kappa shape index (κ1) is 12.8. The standard InChI is InChI=1S/C14H17N5O/c1-3-16-14(17-4-1)18-11-12-2-5-15-13(10-12)19-6-8-20-9-7-19/h1-5,10H,6-9,11H2,(H,16,17,18). The van der Waals surface area contributed by atoms with E-state index in [4.69, 9.17) is 4.74 Å². The summed E-state index contributed by atoms with van der Waals surface area (Å²) in [4.78, 5) is 15.0. The molecule has 2 aromatic heterocycles. The summed E-state index contributed by atoms with van der Waals surface area (Å²) in [5.74, 6) is 1.64. The molecule has 1 fully saturated rings. The topological polar surface area (TPSA) is 63.2 Å². The Bertz CT molecular complexity index is 542. The SMILES string of the molecule is c1cnc(NCc2ccnc(N3CCOCC3)c2)nc1. The van der Waals surface area contributed by atoms with Crippen LogP contribution in [0, 0.1) is 0 Å². The van der Waals surface area contributed by atoms with Crippen molar-refractivity contribution in [3.63, 3.8) is 0 Å². The molecule has 1 aliphatic rings. The van der Waals surface area contributed by atoms with Gasteiger partial charge in [0.05, 0.1) is 13.2 Å². The van der Waals surface area contributed by atoms with Gasteiger partial charge in [0.1, 0.15) is 5.82 Å². The Hall–Kier alpha value is -2.21. The highest BCUT2D eigenvalue weighted by Gasteiger charge is 2.12. The van der Waals surface area contributed by atoms with Crippen LogP contribution in [0.15, 0.2) is 36.8 Å². The van der Waals surface area contributed by atoms with E-state index >= 15 is 0 Å². The Morgan fingerprint density at radius 3 is 2.70 bits per heavy atom. The van der Waals surface area contributed by atoms with Crippen LogP contribution in [0.5, 0.6) is 0 Å². The molecule has 6 heteroatoms. The van der Waals surface area contributed by atoms with Crippen LogP contribution >= 0.6 is 0 Å². The summed E-state index contributed by atoms with van der Waals surface area (Å²) in [6.45, 7) is 4.01. The van der Waals surface area contributed by atoms with Gasteiger partial charge in [0.2, 0.25) is 5.95 Å². The van der Waals surface area contributed by atoms with Crippen molar-refractivity contribution in [1.82, 2.24) is 15.0 Å². The summed E-state index contributed by atoms with van der Waals surface area (Å²) >= 11 is 0. The van der Waals surface area contributed by atoms with E-state index in [0.29, 0.717) is 12.5 Å². The third-order valence-electron chi connectivity index (χ3n) is 3.16. The fourth-order valence-corrected chi connectivity index (χ4v) is 2.11. The van der Waals surface area contributed by atoms with Crippen molar-refractivity contribution in [2.75, 3.05) is 36.5 Å². The molecule has 3 heterocycles. The zero-order chi connectivity index (χ0) is 13.6. The van der Waals surface area contributed by atoms with Gasteiger partial charge in [-0.3, -0.25) is 0 Å². The number of hydrogen-bond acceptors (Lipinski definition) is 6. The van der Waals surface area contributed by atoms with Crippen molar-refractivity contribution < 1.29 is 4.74 Å². The second-order valence-corrected chi connectivity index (χ2v) is 4.55. The molecule has 1 N–H and O–H groups in total. The Kier molecular flexibility index (Phi) is 4.03. The molecule has 0 aromatic carbocycles. The first-order chi connectivity index (χ1) is 9.92. The van der Waals surface area contributed by atoms with Gasteiger partial charge in [0.25, 0.3) is 0 Å². The zero-order valence-electron chi connectivity index (χ0n) is 11.2. The lowest BCUT2D eigenvalue weighted by Crippen LogP contribution is -2.36. The van der Waals surface area contributed by atoms with Crippen molar-refractivity contribution in [3.05, 3.63) is 42.4 Å². The maximum atomic E-state index is 5.36. The molecule has 0 unspecified atom stereocenters. The van der Waals surface area contributed by atoms with E-state index in [1.54, 1.807) is 18.5 Å². The van der Waals surface area contributed by atoms with Crippen LogP contribution in [0.3, 0.4) is 0 Å². The molecule has 0 spiro atoms. The fraction of sp³-hybridized carbons (Fsp3) is 0.357. The summed E-state index contributed by atoms with van der Waals surface area (Å²) in [7, 11) is 0. The second kappa shape index (κ2) is 6.29. The van der Waals surface area contributed by atoms with Crippen LogP contribution in [0.4, 0.5) is 11.8 Å². The van der Waals surface area contributed by atoms with Gasteiger partial charge in [-0.15, -0.1) is 0 Å². The highest BCUT2D eigenvalue weighted by Crippen LogP contribution is 2.14. The van der Waals surface area contributed by atoms with Gasteiger partial charge in [-0.25, -0.2) is 15.0 Å². The van der Waals surface area contributed by atoms with E-state index in [-0.39, 0.29) is 0 Å². The Balaban J connectivity index is 1.65. The number of rotatable bonds is 4. The molecule has 1 saturated heterocycles. The number of nitrogens with one attached hydrogen (secondary N) is 1. The van der Waals surface area contributed by atoms with Crippen molar-refractivity contribution >= 4 is 11.8 Å². The van der Waals surface area contributed by atoms with Crippen LogP contribution in [0.25, 0.3) is 0 Å². The van der Waals surface area contributed by atoms with Gasteiger partial charge in [0.15, 0.2) is 0 Å². The quantitative estimate of drug-likeness (QED) is 0.905. The molecular formula is C14H17N5O. The number of aromatic nitrogens is 3. The molecule has 0 bridgehead atoms. The molecule has 0 atom stereocenters. The van der Waals surface area contributed by atoms with E-state index in [9.17, 15) is 0 Å². The van der Waals surface area contributed by atoms with E-state index < -0.39 is 0 Å². The second-order valence-electron chi connectivity index (χ2n) is 4.55. The highest BCUT2D eigenvalue weighted by molar-refractivity contribution is 5.42. The number of anilines is 2. The van der Waals surface area contributed by atoms with Gasteiger partial charge < -0.3 is 15.0 Å². The van der Waals surface area contributed by atoms with E-state index in [2.05, 4.69) is 31.2 Å². The maximum Gasteiger partial charge on any atom is 0.222 e. The monoisotopic (exact) mass is 271 g/mol. The third-order valence-corrected chi connectivity index (χ3v) is 3.16. The molecule has 20 heavy (non-hydrogen) atoms. The Morgan fingerprint density at radius 2 is 1.90 bits per heavy atom. The molecule has 0 radical (unpaired) electrons. The van der Waals surface area contributed by atoms with Crippen molar-refractivity contribution in [3.8, 4) is 0 Å². The Morgan fingerprint density at radius 1 is 1.10 bits per heavy atom. The van der Waals surface area contributed by atoms with Gasteiger partial charge in [-0.2, -0.15) is 0 Å². The zero-order valence-corrected chi connectivity index (χ0v) is 11.2. The molecule has 0 aliphatic carbocycles. The van der Waals surface area contributed by atoms with Gasteiger partial charge in [-0.05, 0) is 23.8 Å². The van der Waals surface area contributed by atoms with Crippen molar-refractivity contribution in [2.45, 2.75) is 6.54 Å². The van der Waals surface area contributed by atoms with Crippen LogP contribution < -0.4 is 10.2 Å². The largest absolute Gasteiger partial charge is 0.378 e. The summed E-state index contributed by atoms with van der Waals surface area (Å²) in [5, 5.41) is 3.20. The molecule has 0 saturated carbocycles. The minimum absolute atomic E-state index is 0.636. The summed E-state index contributed by atoms with van der Waals surface area (Å²) in [5.41, 5.74) is 1.16. The normalized spacial score (nSPS) is 15.1. The number of ether oxygens (including phenoxy) is 1. The summed E-state index contributed by atoms with van der Waals surface area (Å²) < 4.78 is 5.36. The molecule has 6 nitrogen and oxygen atoms in total. The number of nitrogens with zero attached hydrogens (tertiary/aromatic N) is 4. The molecule has 104 valence electrons. The molecule has 0 amide bonds. The van der Waals surface area contributed by atoms with E-state index in [1.165, 1.54) is 0 Å². The molecule has 2 aromatic rings. The van der Waals surface area contributed by atoms with Gasteiger partial charge >= 0.3 is 0 Å². The van der Waals surface area contributed by atoms with Crippen LogP contribution in [0.1, 0.15) is 5.56 Å². The number of pyridine rings is 1. The average Bonchev–Trinajstić information content (AvgIpc) is 2.55. The van der Waals surface area contributed by atoms with E-state index in [1.807, 2.05) is 12.3 Å². The highest BCUT2D eigenvalue weighted by atomic mass is 16.5. The fourth-order valence-electron chi connectivity index (χ4n) is 2.11.